The first-order valence-electron chi connectivity index (χ1n) is 1.63. The fraction of sp³-hybridized carbons (Fsp3) is 0.667. The van der Waals surface area contributed by atoms with Crippen LogP contribution < -0.4 is 5.73 Å². The molecule has 1 atom stereocenters. The predicted molar refractivity (Wildman–Crippen MR) is 28.5 cm³/mol. The molecule has 0 heterocycles. The van der Waals surface area contributed by atoms with Crippen LogP contribution in [0.15, 0.2) is 0 Å². The van der Waals surface area contributed by atoms with E-state index in [1.807, 2.05) is 0 Å². The number of halogens is 1. The predicted octanol–water partition coefficient (Wildman–Crippen LogP) is -0.160. The van der Waals surface area contributed by atoms with Crippen LogP contribution in [0.1, 0.15) is 6.92 Å². The minimum atomic E-state index is -0.963. The average molecular weight is 132 g/mol. The van der Waals surface area contributed by atoms with Crippen molar-refractivity contribution in [3.63, 3.8) is 0 Å². The lowest BCUT2D eigenvalue weighted by molar-refractivity contribution is -0.138. The second-order valence-corrected chi connectivity index (χ2v) is 1.13. The number of rotatable bonds is 1. The molecule has 0 aliphatic carbocycles. The summed E-state index contributed by atoms with van der Waals surface area (Å²) in [4.78, 5) is 9.57. The van der Waals surface area contributed by atoms with Gasteiger partial charge in [-0.15, -0.1) is 12.4 Å². The average Bonchev–Trinajstić information content (AvgIpc) is 1.36. The van der Waals surface area contributed by atoms with Crippen LogP contribution in [0, 0.1) is 0 Å². The molecule has 4 heteroatoms. The maximum atomic E-state index is 9.57. The highest BCUT2D eigenvalue weighted by Crippen LogP contribution is 1.68. The van der Waals surface area contributed by atoms with E-state index in [1.54, 1.807) is 0 Å². The van der Waals surface area contributed by atoms with Crippen molar-refractivity contribution in [3.05, 3.63) is 0 Å². The molecule has 0 fully saturated rings. The molecule has 0 spiro atoms. The van der Waals surface area contributed by atoms with E-state index in [0.717, 1.165) is 0 Å². The van der Waals surface area contributed by atoms with Gasteiger partial charge in [0.05, 0.1) is 0 Å². The Kier molecular flexibility index (Phi) is 5.49. The molecule has 7 heavy (non-hydrogen) atoms. The molecular weight excluding hydrogens is 123 g/mol. The Morgan fingerprint density at radius 1 is 1.86 bits per heavy atom. The molecule has 0 radical (unpaired) electrons. The molecule has 0 aromatic carbocycles. The lowest BCUT2D eigenvalue weighted by Gasteiger charge is -1.90. The number of carboxylic acids is 1. The highest BCUT2D eigenvalue weighted by molar-refractivity contribution is 5.85. The summed E-state index contributed by atoms with van der Waals surface area (Å²) in [5, 5.41) is 7.87. The molecule has 3 nitrogen and oxygen atoms in total. The summed E-state index contributed by atoms with van der Waals surface area (Å²) < 4.78 is 0. The Hall–Kier alpha value is -0.280. The minimum Gasteiger partial charge on any atom is -0.480 e. The van der Waals surface area contributed by atoms with Gasteiger partial charge in [-0.3, -0.25) is 4.79 Å². The molecule has 0 aromatic rings. The van der Waals surface area contributed by atoms with Crippen LogP contribution in [-0.4, -0.2) is 17.1 Å². The molecule has 3 N–H and O–H groups in total. The largest absolute Gasteiger partial charge is 0.480 e. The van der Waals surface area contributed by atoms with Crippen LogP contribution >= 0.6 is 12.4 Å². The summed E-state index contributed by atoms with van der Waals surface area (Å²) >= 11 is 0. The zero-order valence-corrected chi connectivity index (χ0v) is 4.73. The molecule has 44 valence electrons. The van der Waals surface area contributed by atoms with E-state index < -0.39 is 12.0 Å². The van der Waals surface area contributed by atoms with E-state index in [1.165, 1.54) is 6.92 Å². The van der Waals surface area contributed by atoms with E-state index in [4.69, 9.17) is 10.8 Å². The van der Waals surface area contributed by atoms with Crippen LogP contribution in [0.3, 0.4) is 0 Å². The third-order valence-electron chi connectivity index (χ3n) is 0.390. The van der Waals surface area contributed by atoms with Crippen LogP contribution in [0.2, 0.25) is 0 Å². The van der Waals surface area contributed by atoms with Crippen molar-refractivity contribution in [2.75, 3.05) is 0 Å². The lowest BCUT2D eigenvalue weighted by atomic mass is 12.2. The van der Waals surface area contributed by atoms with Crippen molar-refractivity contribution < 1.29 is 9.90 Å². The van der Waals surface area contributed by atoms with Crippen molar-refractivity contribution >= 4 is 18.4 Å². The van der Waals surface area contributed by atoms with Gasteiger partial charge >= 0.3 is 5.97 Å². The summed E-state index contributed by atoms with van der Waals surface area (Å²) in [6.45, 7) is 1.42. The van der Waals surface area contributed by atoms with Gasteiger partial charge in [0.15, 0.2) is 0 Å². The lowest BCUT2D eigenvalue weighted by Crippen LogP contribution is -2.25. The first-order valence-corrected chi connectivity index (χ1v) is 1.63. The van der Waals surface area contributed by atoms with Gasteiger partial charge in [-0.05, 0) is 6.92 Å². The number of aliphatic carboxylic acids is 1. The Bertz CT molecular complexity index is 64.0. The number of nitrogens with two attached hydrogens (primary N) is 1. The molecule has 0 aromatic heterocycles. The van der Waals surface area contributed by atoms with Gasteiger partial charge < -0.3 is 10.8 Å². The molecule has 0 saturated heterocycles. The van der Waals surface area contributed by atoms with E-state index in [9.17, 15) is 4.79 Å². The Morgan fingerprint density at radius 2 is 2.00 bits per heavy atom. The van der Waals surface area contributed by atoms with Gasteiger partial charge in [0.25, 0.3) is 0 Å². The van der Waals surface area contributed by atoms with Crippen molar-refractivity contribution in [2.45, 2.75) is 13.0 Å². The fourth-order valence-corrected chi connectivity index (χ4v) is 0. The van der Waals surface area contributed by atoms with Crippen LogP contribution in [0.4, 0.5) is 0 Å². The molecule has 0 bridgehead atoms. The fourth-order valence-electron chi connectivity index (χ4n) is 0. The number of hydrogen-bond donors (Lipinski definition) is 2. The first-order chi connectivity index (χ1) is 2.64. The molecule has 0 aliphatic heterocycles. The quantitative estimate of drug-likeness (QED) is 0.520. The van der Waals surface area contributed by atoms with Gasteiger partial charge in [0.1, 0.15) is 6.04 Å². The smallest absolute Gasteiger partial charge is 0.320 e. The normalized spacial score (nSPS) is 11.7. The van der Waals surface area contributed by atoms with Crippen molar-refractivity contribution in [3.8, 4) is 0 Å². The molecule has 0 rings (SSSR count). The Balaban J connectivity index is 0. The van der Waals surface area contributed by atoms with Gasteiger partial charge in [0.2, 0.25) is 0 Å². The highest BCUT2D eigenvalue weighted by atomic mass is 35.5. The Morgan fingerprint density at radius 3 is 2.00 bits per heavy atom. The number of hydrogen-bond acceptors (Lipinski definition) is 2. The van der Waals surface area contributed by atoms with Gasteiger partial charge in [0, 0.05) is 0 Å². The first kappa shape index (κ1) is 9.87. The van der Waals surface area contributed by atoms with Gasteiger partial charge in [-0.1, -0.05) is 0 Å². The summed E-state index contributed by atoms with van der Waals surface area (Å²) in [6, 6.07) is -0.731. The summed E-state index contributed by atoms with van der Waals surface area (Å²) in [7, 11) is 0. The zero-order chi connectivity index (χ0) is 5.15. The van der Waals surface area contributed by atoms with Crippen molar-refractivity contribution in [1.29, 1.82) is 0 Å². The van der Waals surface area contributed by atoms with Gasteiger partial charge in [-0.25, -0.2) is 0 Å². The zero-order valence-electron chi connectivity index (χ0n) is 3.92. The van der Waals surface area contributed by atoms with E-state index in [2.05, 4.69) is 0 Å². The van der Waals surface area contributed by atoms with Crippen molar-refractivity contribution in [2.24, 2.45) is 5.73 Å². The molecule has 0 unspecified atom stereocenters. The maximum Gasteiger partial charge on any atom is 0.320 e. The maximum absolute atomic E-state index is 9.57. The minimum absolute atomic E-state index is 0. The monoisotopic (exact) mass is 131 g/mol. The van der Waals surface area contributed by atoms with E-state index >= 15 is 0 Å². The Labute approximate surface area is 47.9 Å². The van der Waals surface area contributed by atoms with Crippen molar-refractivity contribution in [1.82, 2.24) is 0 Å². The van der Waals surface area contributed by atoms with Crippen LogP contribution in [0.25, 0.3) is 0 Å². The van der Waals surface area contributed by atoms with E-state index in [-0.39, 0.29) is 12.4 Å². The summed E-state index contributed by atoms with van der Waals surface area (Å²) in [6.07, 6.45) is 0. The number of carboxylic acid groups (broad SMARTS) is 1. The van der Waals surface area contributed by atoms with Crippen LogP contribution in [-0.2, 0) is 4.79 Å². The molecular formula is C3H8ClNO2. The third-order valence-corrected chi connectivity index (χ3v) is 0.390. The van der Waals surface area contributed by atoms with Crippen LogP contribution in [0.5, 0.6) is 0 Å². The summed E-state index contributed by atoms with van der Waals surface area (Å²) in [5.41, 5.74) is 4.84. The highest BCUT2D eigenvalue weighted by Gasteiger charge is 1.99. The second-order valence-electron chi connectivity index (χ2n) is 1.13. The topological polar surface area (TPSA) is 63.3 Å². The molecule has 0 amide bonds. The molecule has 0 saturated carbocycles. The summed E-state index contributed by atoms with van der Waals surface area (Å²) in [5.74, 6) is -0.963. The SMILES string of the molecule is Cl.[14CH3][14C@H](N)[14C](=O)O. The second kappa shape index (κ2) is 3.89. The third kappa shape index (κ3) is 5.72. The standard InChI is InChI=1S/C3H7NO2.ClH/c1-2(4)3(5)6;/h2H,4H2,1H3,(H,5,6);1H/t2-;/m0./s1/i1+2,2+2,3+2;. The number of carbonyl (C=O) groups is 1. The molecule has 0 aliphatic rings. The van der Waals surface area contributed by atoms with Gasteiger partial charge in [-0.2, -0.15) is 0 Å². The van der Waals surface area contributed by atoms with E-state index in [0.29, 0.717) is 0 Å².